The maximum atomic E-state index is 6.37. The Labute approximate surface area is 114 Å². The van der Waals surface area contributed by atoms with Crippen molar-refractivity contribution >= 4 is 8.32 Å². The molecule has 0 saturated heterocycles. The highest BCUT2D eigenvalue weighted by molar-refractivity contribution is 6.74. The molecule has 18 heavy (non-hydrogen) atoms. The lowest BCUT2D eigenvalue weighted by molar-refractivity contribution is 0.309. The Kier molecular flexibility index (Phi) is 4.66. The molecule has 0 bridgehead atoms. The number of hydrogen-bond donors (Lipinski definition) is 0. The van der Waals surface area contributed by atoms with Gasteiger partial charge >= 0.3 is 0 Å². The third-order valence-corrected chi connectivity index (χ3v) is 9.24. The van der Waals surface area contributed by atoms with Gasteiger partial charge in [0.1, 0.15) is 0 Å². The molecule has 0 aromatic carbocycles. The van der Waals surface area contributed by atoms with Gasteiger partial charge in [-0.2, -0.15) is 0 Å². The summed E-state index contributed by atoms with van der Waals surface area (Å²) < 4.78 is 6.37. The van der Waals surface area contributed by atoms with E-state index in [4.69, 9.17) is 4.43 Å². The van der Waals surface area contributed by atoms with E-state index in [1.165, 1.54) is 29.6 Å². The zero-order valence-corrected chi connectivity index (χ0v) is 14.3. The molecular formula is C16H30OSi. The van der Waals surface area contributed by atoms with E-state index >= 15 is 0 Å². The van der Waals surface area contributed by atoms with Crippen LogP contribution in [0, 0.1) is 5.92 Å². The molecule has 104 valence electrons. The van der Waals surface area contributed by atoms with Crippen LogP contribution >= 0.6 is 0 Å². The van der Waals surface area contributed by atoms with Crippen LogP contribution in [0.4, 0.5) is 0 Å². The summed E-state index contributed by atoms with van der Waals surface area (Å²) in [4.78, 5) is 0. The predicted octanol–water partition coefficient (Wildman–Crippen LogP) is 5.31. The second-order valence-corrected chi connectivity index (χ2v) is 12.1. The lowest BCUT2D eigenvalue weighted by Gasteiger charge is -2.37. The van der Waals surface area contributed by atoms with Gasteiger partial charge in [0.05, 0.1) is 6.61 Å². The van der Waals surface area contributed by atoms with Crippen molar-refractivity contribution in [2.45, 2.75) is 65.6 Å². The molecule has 0 saturated carbocycles. The third kappa shape index (κ3) is 3.36. The maximum Gasteiger partial charge on any atom is 0.192 e. The van der Waals surface area contributed by atoms with Crippen LogP contribution < -0.4 is 0 Å². The molecule has 0 aromatic rings. The van der Waals surface area contributed by atoms with Crippen molar-refractivity contribution in [3.63, 3.8) is 0 Å². The molecule has 1 aliphatic carbocycles. The SMILES string of the molecule is C=C(C)[C@H]1CCC(C)=C1CO[Si](C)(C)C(C)(C)C. The third-order valence-electron chi connectivity index (χ3n) is 4.77. The fourth-order valence-corrected chi connectivity index (χ4v) is 3.18. The van der Waals surface area contributed by atoms with Crippen LogP contribution in [0.5, 0.6) is 0 Å². The molecule has 0 radical (unpaired) electrons. The lowest BCUT2D eigenvalue weighted by Crippen LogP contribution is -2.41. The van der Waals surface area contributed by atoms with Gasteiger partial charge in [-0.1, -0.05) is 38.5 Å². The Morgan fingerprint density at radius 1 is 1.39 bits per heavy atom. The highest BCUT2D eigenvalue weighted by atomic mass is 28.4. The maximum absolute atomic E-state index is 6.37. The molecule has 1 aliphatic rings. The molecule has 1 atom stereocenters. The van der Waals surface area contributed by atoms with Crippen molar-refractivity contribution in [2.75, 3.05) is 6.61 Å². The average Bonchev–Trinajstić information content (AvgIpc) is 2.55. The molecule has 0 unspecified atom stereocenters. The molecule has 0 spiro atoms. The zero-order valence-electron chi connectivity index (χ0n) is 13.3. The summed E-state index contributed by atoms with van der Waals surface area (Å²) in [7, 11) is -1.63. The molecule has 1 nitrogen and oxygen atoms in total. The fourth-order valence-electron chi connectivity index (χ4n) is 2.24. The van der Waals surface area contributed by atoms with Gasteiger partial charge < -0.3 is 4.43 Å². The summed E-state index contributed by atoms with van der Waals surface area (Å²) >= 11 is 0. The van der Waals surface area contributed by atoms with Crippen LogP contribution in [0.25, 0.3) is 0 Å². The van der Waals surface area contributed by atoms with Gasteiger partial charge in [-0.3, -0.25) is 0 Å². The van der Waals surface area contributed by atoms with Crippen molar-refractivity contribution in [2.24, 2.45) is 5.92 Å². The minimum absolute atomic E-state index is 0.290. The van der Waals surface area contributed by atoms with Crippen molar-refractivity contribution in [3.8, 4) is 0 Å². The van der Waals surface area contributed by atoms with Crippen LogP contribution in [0.15, 0.2) is 23.3 Å². The van der Waals surface area contributed by atoms with Gasteiger partial charge in [-0.25, -0.2) is 0 Å². The quantitative estimate of drug-likeness (QED) is 0.495. The Bertz CT molecular complexity index is 358. The van der Waals surface area contributed by atoms with E-state index in [9.17, 15) is 0 Å². The largest absolute Gasteiger partial charge is 0.413 e. The Morgan fingerprint density at radius 2 is 1.94 bits per heavy atom. The first-order valence-electron chi connectivity index (χ1n) is 7.04. The first-order valence-corrected chi connectivity index (χ1v) is 9.95. The zero-order chi connectivity index (χ0) is 14.1. The highest BCUT2D eigenvalue weighted by Gasteiger charge is 2.38. The van der Waals surface area contributed by atoms with Gasteiger partial charge in [0.2, 0.25) is 0 Å². The number of hydrogen-bond acceptors (Lipinski definition) is 1. The van der Waals surface area contributed by atoms with Crippen LogP contribution in [0.3, 0.4) is 0 Å². The van der Waals surface area contributed by atoms with E-state index in [1.807, 2.05) is 0 Å². The molecule has 0 aliphatic heterocycles. The first-order chi connectivity index (χ1) is 8.06. The molecule has 1 rings (SSSR count). The van der Waals surface area contributed by atoms with Crippen LogP contribution in [-0.4, -0.2) is 14.9 Å². The van der Waals surface area contributed by atoms with Gasteiger partial charge in [0.25, 0.3) is 0 Å². The van der Waals surface area contributed by atoms with Gasteiger partial charge in [0.15, 0.2) is 8.32 Å². The van der Waals surface area contributed by atoms with E-state index in [-0.39, 0.29) is 0 Å². The van der Waals surface area contributed by atoms with Crippen molar-refractivity contribution in [1.29, 1.82) is 0 Å². The molecule has 0 N–H and O–H groups in total. The summed E-state index contributed by atoms with van der Waals surface area (Å²) in [6.45, 7) is 20.9. The van der Waals surface area contributed by atoms with E-state index in [0.29, 0.717) is 11.0 Å². The summed E-state index contributed by atoms with van der Waals surface area (Å²) in [6, 6.07) is 0. The normalized spacial score (nSPS) is 21.6. The Hall–Kier alpha value is -0.343. The summed E-state index contributed by atoms with van der Waals surface area (Å²) in [5.74, 6) is 0.565. The Balaban J connectivity index is 2.74. The van der Waals surface area contributed by atoms with Crippen LogP contribution in [-0.2, 0) is 4.43 Å². The molecular weight excluding hydrogens is 236 g/mol. The van der Waals surface area contributed by atoms with Crippen molar-refractivity contribution < 1.29 is 4.43 Å². The minimum atomic E-state index is -1.63. The first kappa shape index (κ1) is 15.7. The summed E-state index contributed by atoms with van der Waals surface area (Å²) in [5, 5.41) is 0.290. The Morgan fingerprint density at radius 3 is 2.39 bits per heavy atom. The summed E-state index contributed by atoms with van der Waals surface area (Å²) in [6.07, 6.45) is 2.45. The number of allylic oxidation sites excluding steroid dienone is 2. The molecule has 0 heterocycles. The molecule has 0 amide bonds. The second-order valence-electron chi connectivity index (χ2n) is 7.29. The minimum Gasteiger partial charge on any atom is -0.413 e. The topological polar surface area (TPSA) is 9.23 Å². The summed E-state index contributed by atoms with van der Waals surface area (Å²) in [5.41, 5.74) is 4.33. The highest BCUT2D eigenvalue weighted by Crippen LogP contribution is 2.40. The smallest absolute Gasteiger partial charge is 0.192 e. The average molecular weight is 267 g/mol. The fraction of sp³-hybridized carbons (Fsp3) is 0.750. The standard InChI is InChI=1S/C16H30OSi/c1-12(2)14-10-9-13(3)15(14)11-17-18(7,8)16(4,5)6/h14H,1,9-11H2,2-8H3/t14-/m1/s1. The number of rotatable bonds is 4. The van der Waals surface area contributed by atoms with Gasteiger partial charge in [-0.05, 0) is 50.4 Å². The van der Waals surface area contributed by atoms with E-state index in [0.717, 1.165) is 6.61 Å². The second kappa shape index (κ2) is 5.34. The lowest BCUT2D eigenvalue weighted by atomic mass is 9.95. The van der Waals surface area contributed by atoms with E-state index in [1.54, 1.807) is 0 Å². The van der Waals surface area contributed by atoms with Crippen molar-refractivity contribution in [1.82, 2.24) is 0 Å². The van der Waals surface area contributed by atoms with Gasteiger partial charge in [0, 0.05) is 5.92 Å². The van der Waals surface area contributed by atoms with Crippen molar-refractivity contribution in [3.05, 3.63) is 23.3 Å². The van der Waals surface area contributed by atoms with Gasteiger partial charge in [-0.15, -0.1) is 0 Å². The monoisotopic (exact) mass is 266 g/mol. The molecule has 0 aromatic heterocycles. The van der Waals surface area contributed by atoms with Crippen LogP contribution in [0.1, 0.15) is 47.5 Å². The molecule has 0 fully saturated rings. The van der Waals surface area contributed by atoms with E-state index < -0.39 is 8.32 Å². The van der Waals surface area contributed by atoms with E-state index in [2.05, 4.69) is 54.3 Å². The molecule has 2 heteroatoms. The van der Waals surface area contributed by atoms with Crippen LogP contribution in [0.2, 0.25) is 18.1 Å². The predicted molar refractivity (Wildman–Crippen MR) is 83.4 cm³/mol.